The molecule has 1 aromatic heterocycles. The largest absolute Gasteiger partial charge is 0.497 e. The number of rotatable bonds is 6. The zero-order valence-corrected chi connectivity index (χ0v) is 17.1. The van der Waals surface area contributed by atoms with Gasteiger partial charge in [-0.3, -0.25) is 10.1 Å². The molecule has 1 heterocycles. The molecule has 146 valence electrons. The van der Waals surface area contributed by atoms with Crippen LogP contribution in [0.15, 0.2) is 52.7 Å². The third-order valence-electron chi connectivity index (χ3n) is 3.95. The Kier molecular flexibility index (Phi) is 5.66. The molecule has 2 aromatic carbocycles. The van der Waals surface area contributed by atoms with Crippen LogP contribution in [-0.4, -0.2) is 39.8 Å². The predicted molar refractivity (Wildman–Crippen MR) is 108 cm³/mol. The van der Waals surface area contributed by atoms with Crippen molar-refractivity contribution in [3.63, 3.8) is 0 Å². The number of carbonyl (C=O) groups excluding carboxylic acids is 1. The Labute approximate surface area is 166 Å². The van der Waals surface area contributed by atoms with Crippen LogP contribution in [0.25, 0.3) is 11.3 Å². The number of nitrogens with one attached hydrogen (secondary N) is 1. The molecule has 0 fully saturated rings. The van der Waals surface area contributed by atoms with Crippen LogP contribution in [0.4, 0.5) is 5.13 Å². The lowest BCUT2D eigenvalue weighted by molar-refractivity contribution is 0.102. The fourth-order valence-electron chi connectivity index (χ4n) is 2.49. The van der Waals surface area contributed by atoms with E-state index in [0.717, 1.165) is 11.8 Å². The van der Waals surface area contributed by atoms with Crippen LogP contribution in [0.1, 0.15) is 10.4 Å². The number of aromatic nitrogens is 1. The lowest BCUT2D eigenvalue weighted by atomic mass is 10.1. The highest BCUT2D eigenvalue weighted by Crippen LogP contribution is 2.34. The van der Waals surface area contributed by atoms with Gasteiger partial charge in [0.1, 0.15) is 11.5 Å². The second kappa shape index (κ2) is 7.99. The monoisotopic (exact) mass is 418 g/mol. The molecule has 0 bridgehead atoms. The van der Waals surface area contributed by atoms with Gasteiger partial charge in [0.05, 0.1) is 24.8 Å². The van der Waals surface area contributed by atoms with Gasteiger partial charge >= 0.3 is 0 Å². The second-order valence-electron chi connectivity index (χ2n) is 5.85. The van der Waals surface area contributed by atoms with Crippen LogP contribution >= 0.6 is 11.3 Å². The fourth-order valence-corrected chi connectivity index (χ4v) is 3.82. The zero-order chi connectivity index (χ0) is 20.3. The van der Waals surface area contributed by atoms with Gasteiger partial charge in [-0.05, 0) is 36.4 Å². The first-order valence-corrected chi connectivity index (χ1v) is 10.9. The number of sulfone groups is 1. The predicted octanol–water partition coefficient (Wildman–Crippen LogP) is 3.48. The summed E-state index contributed by atoms with van der Waals surface area (Å²) in [5.41, 5.74) is 1.77. The molecule has 9 heteroatoms. The minimum absolute atomic E-state index is 0.159. The van der Waals surface area contributed by atoms with Crippen molar-refractivity contribution < 1.29 is 22.7 Å². The SMILES string of the molecule is COc1ccc(-c2csc(NC(=O)c3ccc(S(C)(=O)=O)cc3)n2)c(OC)c1. The van der Waals surface area contributed by atoms with Crippen molar-refractivity contribution in [2.24, 2.45) is 0 Å². The molecule has 0 aliphatic heterocycles. The van der Waals surface area contributed by atoms with Crippen molar-refractivity contribution in [3.8, 4) is 22.8 Å². The van der Waals surface area contributed by atoms with Crippen molar-refractivity contribution in [3.05, 3.63) is 53.4 Å². The van der Waals surface area contributed by atoms with Crippen LogP contribution in [0.3, 0.4) is 0 Å². The lowest BCUT2D eigenvalue weighted by Crippen LogP contribution is -2.12. The standard InChI is InChI=1S/C19H18N2O5S2/c1-25-13-6-9-15(17(10-13)26-2)16-11-27-19(20-16)21-18(22)12-4-7-14(8-5-12)28(3,23)24/h4-11H,1-3H3,(H,20,21,22). The van der Waals surface area contributed by atoms with Gasteiger partial charge in [0.15, 0.2) is 15.0 Å². The van der Waals surface area contributed by atoms with E-state index in [4.69, 9.17) is 9.47 Å². The summed E-state index contributed by atoms with van der Waals surface area (Å²) in [6.45, 7) is 0. The topological polar surface area (TPSA) is 94.6 Å². The number of anilines is 1. The summed E-state index contributed by atoms with van der Waals surface area (Å²) in [6.07, 6.45) is 1.12. The number of hydrogen-bond donors (Lipinski definition) is 1. The third kappa shape index (κ3) is 4.32. The van der Waals surface area contributed by atoms with Crippen molar-refractivity contribution in [1.82, 2.24) is 4.98 Å². The number of hydrogen-bond acceptors (Lipinski definition) is 7. The molecule has 3 aromatic rings. The van der Waals surface area contributed by atoms with Crippen LogP contribution < -0.4 is 14.8 Å². The summed E-state index contributed by atoms with van der Waals surface area (Å²) < 4.78 is 33.6. The van der Waals surface area contributed by atoms with Gasteiger partial charge < -0.3 is 9.47 Å². The zero-order valence-electron chi connectivity index (χ0n) is 15.4. The Bertz CT molecular complexity index is 1110. The van der Waals surface area contributed by atoms with Crippen LogP contribution in [-0.2, 0) is 9.84 Å². The van der Waals surface area contributed by atoms with Crippen LogP contribution in [0.5, 0.6) is 11.5 Å². The lowest BCUT2D eigenvalue weighted by Gasteiger charge is -2.08. The number of carbonyl (C=O) groups is 1. The van der Waals surface area contributed by atoms with E-state index in [-0.39, 0.29) is 10.8 Å². The molecular formula is C19H18N2O5S2. The summed E-state index contributed by atoms with van der Waals surface area (Å²) in [7, 11) is -0.166. The number of thiazole rings is 1. The Morgan fingerprint density at radius 1 is 1.07 bits per heavy atom. The summed E-state index contributed by atoms with van der Waals surface area (Å²) >= 11 is 1.28. The van der Waals surface area contributed by atoms with Gasteiger partial charge in [-0.1, -0.05) is 0 Å². The molecule has 0 spiro atoms. The maximum Gasteiger partial charge on any atom is 0.257 e. The second-order valence-corrected chi connectivity index (χ2v) is 8.73. The first kappa shape index (κ1) is 19.8. The Morgan fingerprint density at radius 2 is 1.79 bits per heavy atom. The van der Waals surface area contributed by atoms with Gasteiger partial charge in [-0.2, -0.15) is 0 Å². The van der Waals surface area contributed by atoms with Crippen molar-refractivity contribution in [2.45, 2.75) is 4.90 Å². The molecule has 0 unspecified atom stereocenters. The Hall–Kier alpha value is -2.91. The van der Waals surface area contributed by atoms with E-state index in [1.54, 1.807) is 26.4 Å². The van der Waals surface area contributed by atoms with Crippen LogP contribution in [0, 0.1) is 0 Å². The molecule has 7 nitrogen and oxygen atoms in total. The molecule has 0 atom stereocenters. The highest BCUT2D eigenvalue weighted by atomic mass is 32.2. The molecule has 0 saturated heterocycles. The quantitative estimate of drug-likeness (QED) is 0.659. The van der Waals surface area contributed by atoms with Crippen LogP contribution in [0.2, 0.25) is 0 Å². The maximum atomic E-state index is 12.4. The Balaban J connectivity index is 1.79. The highest BCUT2D eigenvalue weighted by molar-refractivity contribution is 7.90. The van der Waals surface area contributed by atoms with Crippen molar-refractivity contribution in [1.29, 1.82) is 0 Å². The van der Waals surface area contributed by atoms with E-state index in [2.05, 4.69) is 10.3 Å². The minimum Gasteiger partial charge on any atom is -0.497 e. The molecule has 0 aliphatic carbocycles. The van der Waals surface area contributed by atoms with Gasteiger partial charge in [-0.25, -0.2) is 13.4 Å². The molecule has 3 rings (SSSR count). The van der Waals surface area contributed by atoms with E-state index in [9.17, 15) is 13.2 Å². The first-order chi connectivity index (χ1) is 13.3. The normalized spacial score (nSPS) is 11.1. The summed E-state index contributed by atoms with van der Waals surface area (Å²) in [5.74, 6) is 0.906. The van der Waals surface area contributed by atoms with E-state index in [1.807, 2.05) is 11.4 Å². The average molecular weight is 418 g/mol. The summed E-state index contributed by atoms with van der Waals surface area (Å²) in [6, 6.07) is 11.1. The molecule has 28 heavy (non-hydrogen) atoms. The number of nitrogens with zero attached hydrogens (tertiary/aromatic N) is 1. The van der Waals surface area contributed by atoms with Gasteiger partial charge in [0, 0.05) is 28.8 Å². The average Bonchev–Trinajstić information content (AvgIpc) is 3.15. The fraction of sp³-hybridized carbons (Fsp3) is 0.158. The molecule has 0 aliphatic rings. The molecule has 1 amide bonds. The van der Waals surface area contributed by atoms with E-state index >= 15 is 0 Å². The van der Waals surface area contributed by atoms with Gasteiger partial charge in [0.25, 0.3) is 5.91 Å². The smallest absolute Gasteiger partial charge is 0.257 e. The number of benzene rings is 2. The molecule has 1 N–H and O–H groups in total. The summed E-state index contributed by atoms with van der Waals surface area (Å²) in [4.78, 5) is 17.0. The number of amides is 1. The molecule has 0 radical (unpaired) electrons. The minimum atomic E-state index is -3.31. The number of ether oxygens (including phenoxy) is 2. The summed E-state index contributed by atoms with van der Waals surface area (Å²) in [5, 5.41) is 4.95. The van der Waals surface area contributed by atoms with E-state index in [1.165, 1.54) is 35.6 Å². The van der Waals surface area contributed by atoms with Crippen molar-refractivity contribution in [2.75, 3.05) is 25.8 Å². The van der Waals surface area contributed by atoms with E-state index < -0.39 is 9.84 Å². The number of methoxy groups -OCH3 is 2. The molecular weight excluding hydrogens is 400 g/mol. The highest BCUT2D eigenvalue weighted by Gasteiger charge is 2.14. The van der Waals surface area contributed by atoms with Crippen molar-refractivity contribution >= 4 is 32.2 Å². The Morgan fingerprint density at radius 3 is 2.39 bits per heavy atom. The van der Waals surface area contributed by atoms with Gasteiger partial charge in [0.2, 0.25) is 0 Å². The molecule has 0 saturated carbocycles. The first-order valence-electron chi connectivity index (χ1n) is 8.11. The van der Waals surface area contributed by atoms with Gasteiger partial charge in [-0.15, -0.1) is 11.3 Å². The maximum absolute atomic E-state index is 12.4. The van der Waals surface area contributed by atoms with E-state index in [0.29, 0.717) is 27.9 Å². The third-order valence-corrected chi connectivity index (χ3v) is 5.84.